The Kier molecular flexibility index (Phi) is 8.03. The molecule has 2 amide bonds. The molecule has 1 fully saturated rings. The van der Waals surface area contributed by atoms with Crippen LogP contribution < -0.4 is 5.32 Å². The number of hydrogen-bond donors (Lipinski definition) is 1. The summed E-state index contributed by atoms with van der Waals surface area (Å²) in [5, 5.41) is 2.75. The second kappa shape index (κ2) is 10.2. The smallest absolute Gasteiger partial charge is 0.329 e. The average molecular weight is 389 g/mol. The quantitative estimate of drug-likeness (QED) is 0.729. The maximum Gasteiger partial charge on any atom is 0.329 e. The van der Waals surface area contributed by atoms with E-state index in [9.17, 15) is 14.4 Å². The Bertz CT molecular complexity index is 664. The molecule has 1 aromatic carbocycles. The Balaban J connectivity index is 1.89. The highest BCUT2D eigenvalue weighted by molar-refractivity contribution is 5.87. The van der Waals surface area contributed by atoms with E-state index in [1.165, 1.54) is 0 Å². The van der Waals surface area contributed by atoms with Crippen molar-refractivity contribution in [1.82, 2.24) is 10.2 Å². The fourth-order valence-corrected chi connectivity index (χ4v) is 3.71. The Hall–Kier alpha value is -2.37. The zero-order valence-corrected chi connectivity index (χ0v) is 17.3. The van der Waals surface area contributed by atoms with E-state index in [4.69, 9.17) is 4.74 Å². The topological polar surface area (TPSA) is 75.7 Å². The standard InChI is InChI=1S/C22H32N2O4/c1-15(2)21(23-19(25)13-18-11-6-5-7-12-18)22(27)28-14-20(26)24-16(3)9-8-10-17(24)4/h5-7,11-12,15-17,21H,8-10,13-14H2,1-4H3,(H,23,25)/t16-,17-,21+/m1/s1. The molecule has 1 heterocycles. The van der Waals surface area contributed by atoms with Gasteiger partial charge in [-0.15, -0.1) is 0 Å². The zero-order valence-electron chi connectivity index (χ0n) is 17.3. The van der Waals surface area contributed by atoms with Crippen LogP contribution in [0, 0.1) is 5.92 Å². The van der Waals surface area contributed by atoms with Gasteiger partial charge in [-0.2, -0.15) is 0 Å². The van der Waals surface area contributed by atoms with Gasteiger partial charge in [0.1, 0.15) is 6.04 Å². The van der Waals surface area contributed by atoms with Crippen LogP contribution >= 0.6 is 0 Å². The third-order valence-corrected chi connectivity index (χ3v) is 5.26. The number of carbonyl (C=O) groups excluding carboxylic acids is 3. The number of nitrogens with zero attached hydrogens (tertiary/aromatic N) is 1. The SMILES string of the molecule is CC(C)[C@H](NC(=O)Cc1ccccc1)C(=O)OCC(=O)N1[C@H](C)CCC[C@H]1C. The minimum absolute atomic E-state index is 0.143. The summed E-state index contributed by atoms with van der Waals surface area (Å²) in [5.74, 6) is -1.13. The Morgan fingerprint density at radius 3 is 2.29 bits per heavy atom. The molecule has 1 aliphatic heterocycles. The van der Waals surface area contributed by atoms with Crippen molar-refractivity contribution in [2.45, 2.75) is 71.5 Å². The van der Waals surface area contributed by atoms with Gasteiger partial charge in [0.25, 0.3) is 5.91 Å². The molecular formula is C22H32N2O4. The predicted octanol–water partition coefficient (Wildman–Crippen LogP) is 2.70. The molecule has 0 unspecified atom stereocenters. The number of ether oxygens (including phenoxy) is 1. The highest BCUT2D eigenvalue weighted by Gasteiger charge is 2.31. The van der Waals surface area contributed by atoms with Crippen molar-refractivity contribution in [3.63, 3.8) is 0 Å². The maximum atomic E-state index is 12.5. The van der Waals surface area contributed by atoms with Crippen LogP contribution in [-0.4, -0.2) is 47.4 Å². The van der Waals surface area contributed by atoms with Crippen LogP contribution in [0.1, 0.15) is 52.5 Å². The number of nitrogens with one attached hydrogen (secondary N) is 1. The molecule has 0 spiro atoms. The number of amides is 2. The Labute approximate surface area is 167 Å². The number of benzene rings is 1. The van der Waals surface area contributed by atoms with Crippen molar-refractivity contribution < 1.29 is 19.1 Å². The van der Waals surface area contributed by atoms with Crippen LogP contribution in [-0.2, 0) is 25.5 Å². The molecule has 0 aromatic heterocycles. The monoisotopic (exact) mass is 388 g/mol. The van der Waals surface area contributed by atoms with Crippen LogP contribution in [0.15, 0.2) is 30.3 Å². The molecule has 6 nitrogen and oxygen atoms in total. The van der Waals surface area contributed by atoms with E-state index < -0.39 is 12.0 Å². The summed E-state index contributed by atoms with van der Waals surface area (Å²) in [6.07, 6.45) is 3.23. The minimum Gasteiger partial charge on any atom is -0.454 e. The highest BCUT2D eigenvalue weighted by Crippen LogP contribution is 2.22. The second-order valence-corrected chi connectivity index (χ2v) is 7.99. The molecule has 1 aromatic rings. The summed E-state index contributed by atoms with van der Waals surface area (Å²) < 4.78 is 5.28. The molecule has 1 saturated heterocycles. The normalized spacial score (nSPS) is 20.5. The number of carbonyl (C=O) groups is 3. The predicted molar refractivity (Wildman–Crippen MR) is 107 cm³/mol. The van der Waals surface area contributed by atoms with Gasteiger partial charge in [-0.3, -0.25) is 9.59 Å². The van der Waals surface area contributed by atoms with Gasteiger partial charge >= 0.3 is 5.97 Å². The van der Waals surface area contributed by atoms with Gasteiger partial charge in [0.15, 0.2) is 6.61 Å². The average Bonchev–Trinajstić information content (AvgIpc) is 2.64. The fourth-order valence-electron chi connectivity index (χ4n) is 3.71. The van der Waals surface area contributed by atoms with E-state index in [-0.39, 0.29) is 42.8 Å². The van der Waals surface area contributed by atoms with Crippen LogP contribution in [0.2, 0.25) is 0 Å². The first-order valence-electron chi connectivity index (χ1n) is 10.1. The van der Waals surface area contributed by atoms with Crippen molar-refractivity contribution in [3.05, 3.63) is 35.9 Å². The summed E-state index contributed by atoms with van der Waals surface area (Å²) in [5.41, 5.74) is 0.874. The van der Waals surface area contributed by atoms with E-state index in [2.05, 4.69) is 5.32 Å². The number of esters is 1. The van der Waals surface area contributed by atoms with E-state index in [0.717, 1.165) is 24.8 Å². The molecular weight excluding hydrogens is 356 g/mol. The molecule has 6 heteroatoms. The molecule has 0 radical (unpaired) electrons. The Morgan fingerprint density at radius 2 is 1.71 bits per heavy atom. The number of piperidine rings is 1. The summed E-state index contributed by atoms with van der Waals surface area (Å²) in [6.45, 7) is 7.44. The lowest BCUT2D eigenvalue weighted by atomic mass is 9.97. The summed E-state index contributed by atoms with van der Waals surface area (Å²) in [6, 6.07) is 8.87. The van der Waals surface area contributed by atoms with E-state index in [1.54, 1.807) is 0 Å². The van der Waals surface area contributed by atoms with Gasteiger partial charge in [0.05, 0.1) is 6.42 Å². The molecule has 0 saturated carbocycles. The van der Waals surface area contributed by atoms with Gasteiger partial charge < -0.3 is 15.0 Å². The molecule has 154 valence electrons. The van der Waals surface area contributed by atoms with E-state index >= 15 is 0 Å². The van der Waals surface area contributed by atoms with Crippen molar-refractivity contribution in [1.29, 1.82) is 0 Å². The largest absolute Gasteiger partial charge is 0.454 e. The fraction of sp³-hybridized carbons (Fsp3) is 0.591. The van der Waals surface area contributed by atoms with Crippen molar-refractivity contribution in [3.8, 4) is 0 Å². The minimum atomic E-state index is -0.778. The number of likely N-dealkylation sites (tertiary alicyclic amines) is 1. The maximum absolute atomic E-state index is 12.5. The first-order valence-corrected chi connectivity index (χ1v) is 10.1. The third-order valence-electron chi connectivity index (χ3n) is 5.26. The van der Waals surface area contributed by atoms with Crippen LogP contribution in [0.25, 0.3) is 0 Å². The number of hydrogen-bond acceptors (Lipinski definition) is 4. The third kappa shape index (κ3) is 6.08. The molecule has 28 heavy (non-hydrogen) atoms. The molecule has 2 rings (SSSR count). The van der Waals surface area contributed by atoms with E-state index in [1.807, 2.05) is 62.9 Å². The van der Waals surface area contributed by atoms with Gasteiger partial charge in [0.2, 0.25) is 5.91 Å². The summed E-state index contributed by atoms with van der Waals surface area (Å²) >= 11 is 0. The van der Waals surface area contributed by atoms with Crippen molar-refractivity contribution in [2.75, 3.05) is 6.61 Å². The molecule has 1 N–H and O–H groups in total. The summed E-state index contributed by atoms with van der Waals surface area (Å²) in [4.78, 5) is 39.2. The summed E-state index contributed by atoms with van der Waals surface area (Å²) in [7, 11) is 0. The molecule has 1 aliphatic rings. The zero-order chi connectivity index (χ0) is 20.7. The first kappa shape index (κ1) is 21.9. The number of rotatable bonds is 7. The lowest BCUT2D eigenvalue weighted by molar-refractivity contribution is -0.157. The Morgan fingerprint density at radius 1 is 1.11 bits per heavy atom. The van der Waals surface area contributed by atoms with Gasteiger partial charge in [-0.25, -0.2) is 4.79 Å². The van der Waals surface area contributed by atoms with Gasteiger partial charge in [-0.05, 0) is 44.6 Å². The van der Waals surface area contributed by atoms with Crippen LogP contribution in [0.5, 0.6) is 0 Å². The van der Waals surface area contributed by atoms with Crippen LogP contribution in [0.3, 0.4) is 0 Å². The van der Waals surface area contributed by atoms with Gasteiger partial charge in [-0.1, -0.05) is 44.2 Å². The highest BCUT2D eigenvalue weighted by atomic mass is 16.5. The second-order valence-electron chi connectivity index (χ2n) is 7.99. The lowest BCUT2D eigenvalue weighted by Crippen LogP contribution is -2.50. The first-order chi connectivity index (χ1) is 13.3. The van der Waals surface area contributed by atoms with E-state index in [0.29, 0.717) is 0 Å². The van der Waals surface area contributed by atoms with Crippen molar-refractivity contribution >= 4 is 17.8 Å². The van der Waals surface area contributed by atoms with Crippen LogP contribution in [0.4, 0.5) is 0 Å². The molecule has 0 bridgehead atoms. The van der Waals surface area contributed by atoms with Gasteiger partial charge in [0, 0.05) is 12.1 Å². The molecule has 0 aliphatic carbocycles. The molecule has 3 atom stereocenters. The van der Waals surface area contributed by atoms with Crippen molar-refractivity contribution in [2.24, 2.45) is 5.92 Å². The lowest BCUT2D eigenvalue weighted by Gasteiger charge is -2.39.